The van der Waals surface area contributed by atoms with Gasteiger partial charge in [0.2, 0.25) is 5.89 Å². The zero-order valence-corrected chi connectivity index (χ0v) is 29.8. The molecule has 9 aromatic carbocycles. The smallest absolute Gasteiger partial charge is 0.227 e. The lowest BCUT2D eigenvalue weighted by molar-refractivity contribution is 0.623. The lowest BCUT2D eigenvalue weighted by Gasteiger charge is -2.26. The fourth-order valence-electron chi connectivity index (χ4n) is 8.20. The number of rotatable bonds is 6. The van der Waals surface area contributed by atoms with Gasteiger partial charge in [0, 0.05) is 44.5 Å². The van der Waals surface area contributed by atoms with E-state index >= 15 is 0 Å². The van der Waals surface area contributed by atoms with Crippen LogP contribution in [0, 0.1) is 0 Å². The third-order valence-corrected chi connectivity index (χ3v) is 10.8. The number of para-hydroxylation sites is 2. The molecule has 2 aromatic heterocycles. The minimum absolute atomic E-state index is 0.635. The Bertz CT molecular complexity index is 3180. The van der Waals surface area contributed by atoms with Gasteiger partial charge in [0.05, 0.1) is 11.0 Å². The van der Waals surface area contributed by atoms with Crippen molar-refractivity contribution in [1.29, 1.82) is 0 Å². The standard InChI is InChI=1S/C51H33N3O/c1-4-12-34(13-5-1)35-20-23-39(24-21-35)53(41-26-29-45-44-18-10-11-19-48(44)54(49(45)33-41)38-16-8-3-9-17-38)40-25-28-42-37(32-40)22-27-46-43(42)30-31-47-50(46)55-51(52-47)36-14-6-2-7-15-36/h1-33H. The minimum atomic E-state index is 0.635. The summed E-state index contributed by atoms with van der Waals surface area (Å²) in [5.41, 5.74) is 11.7. The van der Waals surface area contributed by atoms with Gasteiger partial charge in [-0.3, -0.25) is 0 Å². The number of hydrogen-bond donors (Lipinski definition) is 0. The van der Waals surface area contributed by atoms with E-state index in [0.29, 0.717) is 5.89 Å². The molecule has 0 spiro atoms. The maximum atomic E-state index is 6.41. The van der Waals surface area contributed by atoms with E-state index < -0.39 is 0 Å². The Morgan fingerprint density at radius 3 is 1.76 bits per heavy atom. The van der Waals surface area contributed by atoms with Gasteiger partial charge in [-0.15, -0.1) is 0 Å². The molecule has 4 heteroatoms. The van der Waals surface area contributed by atoms with Crippen molar-refractivity contribution >= 4 is 71.5 Å². The summed E-state index contributed by atoms with van der Waals surface area (Å²) in [4.78, 5) is 7.20. The maximum absolute atomic E-state index is 6.41. The van der Waals surface area contributed by atoms with Gasteiger partial charge < -0.3 is 13.9 Å². The second kappa shape index (κ2) is 12.6. The van der Waals surface area contributed by atoms with Crippen molar-refractivity contribution in [2.75, 3.05) is 4.90 Å². The SMILES string of the molecule is c1ccc(-c2ccc(N(c3ccc4c(ccc5c4ccc4nc(-c6ccccc6)oc45)c3)c3ccc4c5ccccc5n(-c5ccccc5)c4c3)cc2)cc1. The maximum Gasteiger partial charge on any atom is 0.227 e. The van der Waals surface area contributed by atoms with Crippen LogP contribution in [0.3, 0.4) is 0 Å². The third-order valence-electron chi connectivity index (χ3n) is 10.8. The molecule has 0 saturated carbocycles. The van der Waals surface area contributed by atoms with Crippen molar-refractivity contribution in [2.24, 2.45) is 0 Å². The van der Waals surface area contributed by atoms with Gasteiger partial charge in [0.15, 0.2) is 5.58 Å². The second-order valence-electron chi connectivity index (χ2n) is 14.0. The van der Waals surface area contributed by atoms with Crippen molar-refractivity contribution < 1.29 is 4.42 Å². The van der Waals surface area contributed by atoms with Gasteiger partial charge in [0.25, 0.3) is 0 Å². The molecule has 4 nitrogen and oxygen atoms in total. The molecule has 0 amide bonds. The predicted octanol–water partition coefficient (Wildman–Crippen LogP) is 14.0. The van der Waals surface area contributed by atoms with E-state index in [1.807, 2.05) is 30.3 Å². The van der Waals surface area contributed by atoms with E-state index in [0.717, 1.165) is 61.1 Å². The van der Waals surface area contributed by atoms with Crippen LogP contribution >= 0.6 is 0 Å². The van der Waals surface area contributed by atoms with Crippen LogP contribution in [-0.4, -0.2) is 9.55 Å². The van der Waals surface area contributed by atoms with Crippen molar-refractivity contribution in [3.63, 3.8) is 0 Å². The molecule has 55 heavy (non-hydrogen) atoms. The van der Waals surface area contributed by atoms with Crippen LogP contribution in [0.4, 0.5) is 17.1 Å². The van der Waals surface area contributed by atoms with E-state index in [1.165, 1.54) is 32.8 Å². The summed E-state index contributed by atoms with van der Waals surface area (Å²) in [5.74, 6) is 0.635. The van der Waals surface area contributed by atoms with Crippen LogP contribution in [0.5, 0.6) is 0 Å². The van der Waals surface area contributed by atoms with Gasteiger partial charge in [0.1, 0.15) is 5.52 Å². The Balaban J connectivity index is 1.09. The van der Waals surface area contributed by atoms with Gasteiger partial charge in [-0.2, -0.15) is 0 Å². The summed E-state index contributed by atoms with van der Waals surface area (Å²) in [6, 6.07) is 71.2. The molecule has 0 atom stereocenters. The van der Waals surface area contributed by atoms with Crippen LogP contribution in [0.25, 0.3) is 82.7 Å². The van der Waals surface area contributed by atoms with Gasteiger partial charge in [-0.05, 0) is 106 Å². The zero-order chi connectivity index (χ0) is 36.3. The van der Waals surface area contributed by atoms with Gasteiger partial charge in [-0.25, -0.2) is 4.98 Å². The third kappa shape index (κ3) is 5.19. The first-order valence-electron chi connectivity index (χ1n) is 18.6. The molecule has 0 N–H and O–H groups in total. The highest BCUT2D eigenvalue weighted by Gasteiger charge is 2.19. The molecule has 0 radical (unpaired) electrons. The van der Waals surface area contributed by atoms with Crippen LogP contribution in [0.15, 0.2) is 205 Å². The molecule has 0 fully saturated rings. The fourth-order valence-corrected chi connectivity index (χ4v) is 8.20. The molecule has 258 valence electrons. The molecule has 11 rings (SSSR count). The molecule has 0 bridgehead atoms. The van der Waals surface area contributed by atoms with Gasteiger partial charge >= 0.3 is 0 Å². The number of oxazole rings is 1. The monoisotopic (exact) mass is 703 g/mol. The Morgan fingerprint density at radius 1 is 0.400 bits per heavy atom. The van der Waals surface area contributed by atoms with E-state index in [4.69, 9.17) is 9.40 Å². The number of aromatic nitrogens is 2. The predicted molar refractivity (Wildman–Crippen MR) is 229 cm³/mol. The average molecular weight is 704 g/mol. The summed E-state index contributed by atoms with van der Waals surface area (Å²) in [5, 5.41) is 6.97. The summed E-state index contributed by atoms with van der Waals surface area (Å²) in [7, 11) is 0. The Morgan fingerprint density at radius 2 is 0.982 bits per heavy atom. The molecule has 0 saturated heterocycles. The van der Waals surface area contributed by atoms with Crippen LogP contribution in [0.1, 0.15) is 0 Å². The molecular weight excluding hydrogens is 671 g/mol. The largest absolute Gasteiger partial charge is 0.435 e. The number of fused-ring (bicyclic) bond motifs is 8. The first-order chi connectivity index (χ1) is 27.3. The lowest BCUT2D eigenvalue weighted by Crippen LogP contribution is -2.10. The first kappa shape index (κ1) is 31.1. The summed E-state index contributed by atoms with van der Waals surface area (Å²) in [6.45, 7) is 0. The first-order valence-corrected chi connectivity index (χ1v) is 18.6. The molecular formula is C51H33N3O. The van der Waals surface area contributed by atoms with Crippen molar-refractivity contribution in [3.8, 4) is 28.3 Å². The highest BCUT2D eigenvalue weighted by atomic mass is 16.3. The number of benzene rings is 9. The topological polar surface area (TPSA) is 34.2 Å². The highest BCUT2D eigenvalue weighted by molar-refractivity contribution is 6.16. The number of anilines is 3. The van der Waals surface area contributed by atoms with Crippen LogP contribution < -0.4 is 4.90 Å². The Hall–Kier alpha value is -7.43. The van der Waals surface area contributed by atoms with Gasteiger partial charge in [-0.1, -0.05) is 121 Å². The molecule has 2 heterocycles. The van der Waals surface area contributed by atoms with Crippen molar-refractivity contribution in [1.82, 2.24) is 9.55 Å². The van der Waals surface area contributed by atoms with Crippen LogP contribution in [0.2, 0.25) is 0 Å². The van der Waals surface area contributed by atoms with E-state index in [-0.39, 0.29) is 0 Å². The zero-order valence-electron chi connectivity index (χ0n) is 29.8. The average Bonchev–Trinajstić information content (AvgIpc) is 3.85. The highest BCUT2D eigenvalue weighted by Crippen LogP contribution is 2.42. The van der Waals surface area contributed by atoms with Crippen LogP contribution in [-0.2, 0) is 0 Å². The Labute approximate surface area is 317 Å². The van der Waals surface area contributed by atoms with Crippen molar-refractivity contribution in [2.45, 2.75) is 0 Å². The summed E-state index contributed by atoms with van der Waals surface area (Å²) in [6.07, 6.45) is 0. The molecule has 0 unspecified atom stereocenters. The number of hydrogen-bond acceptors (Lipinski definition) is 3. The normalized spacial score (nSPS) is 11.6. The molecule has 0 aliphatic rings. The quantitative estimate of drug-likeness (QED) is 0.162. The fraction of sp³-hybridized carbons (Fsp3) is 0. The molecule has 11 aromatic rings. The molecule has 0 aliphatic carbocycles. The minimum Gasteiger partial charge on any atom is -0.435 e. The second-order valence-corrected chi connectivity index (χ2v) is 14.0. The summed E-state index contributed by atoms with van der Waals surface area (Å²) >= 11 is 0. The van der Waals surface area contributed by atoms with E-state index in [1.54, 1.807) is 0 Å². The lowest BCUT2D eigenvalue weighted by atomic mass is 10.00. The van der Waals surface area contributed by atoms with Crippen molar-refractivity contribution in [3.05, 3.63) is 200 Å². The summed E-state index contributed by atoms with van der Waals surface area (Å²) < 4.78 is 8.79. The molecule has 0 aliphatic heterocycles. The number of nitrogens with zero attached hydrogens (tertiary/aromatic N) is 3. The van der Waals surface area contributed by atoms with E-state index in [2.05, 4.69) is 179 Å². The Kier molecular flexibility index (Phi) is 7.14. The van der Waals surface area contributed by atoms with E-state index in [9.17, 15) is 0 Å².